The Hall–Kier alpha value is -2.34. The van der Waals surface area contributed by atoms with E-state index in [0.717, 1.165) is 16.0 Å². The van der Waals surface area contributed by atoms with E-state index in [0.29, 0.717) is 17.0 Å². The van der Waals surface area contributed by atoms with Crippen LogP contribution in [0, 0.1) is 6.92 Å². The number of carbonyl (C=O) groups excluding carboxylic acids is 2. The number of hydrogen-bond acceptors (Lipinski definition) is 3. The third kappa shape index (κ3) is 2.49. The highest BCUT2D eigenvalue weighted by molar-refractivity contribution is 7.20. The monoisotopic (exact) mass is 329 g/mol. The van der Waals surface area contributed by atoms with Crippen molar-refractivity contribution >= 4 is 28.3 Å². The Morgan fingerprint density at radius 2 is 1.96 bits per heavy atom. The number of urea groups is 1. The van der Waals surface area contributed by atoms with Crippen LogP contribution in [0.15, 0.2) is 18.2 Å². The number of carbonyl (C=O) groups is 2. The molecule has 0 atom stereocenters. The maximum atomic E-state index is 12.0. The number of aryl methyl sites for hydroxylation is 1. The Bertz CT molecular complexity index is 837. The molecule has 0 saturated heterocycles. The van der Waals surface area contributed by atoms with Gasteiger partial charge in [-0.25, -0.2) is 4.79 Å². The van der Waals surface area contributed by atoms with Crippen molar-refractivity contribution in [3.8, 4) is 10.4 Å². The largest absolute Gasteiger partial charge is 0.365 e. The first kappa shape index (κ1) is 15.6. The maximum absolute atomic E-state index is 12.0. The van der Waals surface area contributed by atoms with E-state index in [2.05, 4.69) is 44.3 Å². The lowest BCUT2D eigenvalue weighted by Gasteiger charge is -2.33. The van der Waals surface area contributed by atoms with Crippen LogP contribution in [-0.2, 0) is 11.8 Å². The van der Waals surface area contributed by atoms with Gasteiger partial charge in [-0.3, -0.25) is 10.1 Å². The molecule has 3 rings (SSSR count). The van der Waals surface area contributed by atoms with Crippen LogP contribution < -0.4 is 16.8 Å². The predicted octanol–water partition coefficient (Wildman–Crippen LogP) is 3.15. The zero-order valence-corrected chi connectivity index (χ0v) is 14.1. The summed E-state index contributed by atoms with van der Waals surface area (Å²) < 4.78 is 0. The molecule has 2 aromatic rings. The highest BCUT2D eigenvalue weighted by Gasteiger charge is 2.36. The van der Waals surface area contributed by atoms with Gasteiger partial charge in [0.15, 0.2) is 0 Å². The van der Waals surface area contributed by atoms with Crippen molar-refractivity contribution in [1.82, 2.24) is 0 Å². The second kappa shape index (κ2) is 5.09. The van der Waals surface area contributed by atoms with Gasteiger partial charge in [0, 0.05) is 4.88 Å². The molecule has 5 nitrogen and oxygen atoms in total. The van der Waals surface area contributed by atoms with Gasteiger partial charge in [0.2, 0.25) is 0 Å². The van der Waals surface area contributed by atoms with Crippen LogP contribution >= 0.6 is 11.3 Å². The molecule has 0 spiro atoms. The van der Waals surface area contributed by atoms with Gasteiger partial charge in [-0.15, -0.1) is 11.3 Å². The fraction of sp³-hybridized carbons (Fsp3) is 0.294. The molecule has 120 valence electrons. The van der Waals surface area contributed by atoms with E-state index in [1.54, 1.807) is 0 Å². The maximum Gasteiger partial charge on any atom is 0.317 e. The molecule has 0 saturated carbocycles. The first-order valence-electron chi connectivity index (χ1n) is 7.34. The van der Waals surface area contributed by atoms with Crippen molar-refractivity contribution in [1.29, 1.82) is 0 Å². The zero-order valence-electron chi connectivity index (χ0n) is 13.3. The highest BCUT2D eigenvalue weighted by atomic mass is 32.1. The standard InChI is InChI=1S/C17H19N3O2S/c1-8-4-5-9-11(6-8)17(2,3)7-10-12(14(18)21)15(20-16(19)22)23-13(9)10/h4-6H,7H2,1-3H3,(H2,18,21)(H3,19,20,22). The number of hydrogen-bond donors (Lipinski definition) is 3. The van der Waals surface area contributed by atoms with Crippen LogP contribution in [0.3, 0.4) is 0 Å². The normalized spacial score (nSPS) is 14.7. The zero-order chi connectivity index (χ0) is 16.9. The Morgan fingerprint density at radius 1 is 1.26 bits per heavy atom. The molecule has 1 heterocycles. The first-order valence-corrected chi connectivity index (χ1v) is 8.16. The third-order valence-corrected chi connectivity index (χ3v) is 5.44. The molecule has 1 aromatic heterocycles. The Labute approximate surface area is 138 Å². The average molecular weight is 329 g/mol. The summed E-state index contributed by atoms with van der Waals surface area (Å²) in [6.45, 7) is 6.37. The third-order valence-electron chi connectivity index (χ3n) is 4.26. The molecule has 0 bridgehead atoms. The van der Waals surface area contributed by atoms with Gasteiger partial charge in [-0.05, 0) is 35.4 Å². The Balaban J connectivity index is 2.30. The highest BCUT2D eigenvalue weighted by Crippen LogP contribution is 2.50. The predicted molar refractivity (Wildman–Crippen MR) is 92.9 cm³/mol. The van der Waals surface area contributed by atoms with Crippen LogP contribution in [-0.4, -0.2) is 11.9 Å². The van der Waals surface area contributed by atoms with E-state index in [1.165, 1.54) is 22.5 Å². The van der Waals surface area contributed by atoms with Gasteiger partial charge in [0.25, 0.3) is 5.91 Å². The molecule has 6 heteroatoms. The number of nitrogens with two attached hydrogens (primary N) is 2. The van der Waals surface area contributed by atoms with E-state index in [4.69, 9.17) is 11.5 Å². The Morgan fingerprint density at radius 3 is 2.57 bits per heavy atom. The van der Waals surface area contributed by atoms with Crippen molar-refractivity contribution < 1.29 is 9.59 Å². The molecule has 0 fully saturated rings. The van der Waals surface area contributed by atoms with Crippen molar-refractivity contribution in [2.75, 3.05) is 5.32 Å². The molecular formula is C17H19N3O2S. The van der Waals surface area contributed by atoms with Crippen LogP contribution in [0.1, 0.15) is 40.9 Å². The lowest BCUT2D eigenvalue weighted by molar-refractivity contribution is 0.100. The SMILES string of the molecule is Cc1ccc2c(c1)C(C)(C)Cc1c-2sc(NC(N)=O)c1C(N)=O. The molecule has 23 heavy (non-hydrogen) atoms. The van der Waals surface area contributed by atoms with Crippen LogP contribution in [0.25, 0.3) is 10.4 Å². The summed E-state index contributed by atoms with van der Waals surface area (Å²) in [6, 6.07) is 5.60. The molecule has 0 aliphatic heterocycles. The second-order valence-electron chi connectivity index (χ2n) is 6.58. The second-order valence-corrected chi connectivity index (χ2v) is 7.60. The van der Waals surface area contributed by atoms with E-state index in [1.807, 2.05) is 0 Å². The van der Waals surface area contributed by atoms with Gasteiger partial charge >= 0.3 is 6.03 Å². The number of amides is 3. The molecule has 0 unspecified atom stereocenters. The average Bonchev–Trinajstić information content (AvgIpc) is 2.75. The smallest absolute Gasteiger partial charge is 0.317 e. The van der Waals surface area contributed by atoms with E-state index < -0.39 is 11.9 Å². The number of rotatable bonds is 2. The summed E-state index contributed by atoms with van der Waals surface area (Å²) in [5.74, 6) is -0.544. The van der Waals surface area contributed by atoms with Crippen molar-refractivity contribution in [2.24, 2.45) is 11.5 Å². The molecule has 1 aromatic carbocycles. The van der Waals surface area contributed by atoms with Crippen LogP contribution in [0.4, 0.5) is 9.80 Å². The van der Waals surface area contributed by atoms with E-state index >= 15 is 0 Å². The number of fused-ring (bicyclic) bond motifs is 3. The van der Waals surface area contributed by atoms with Crippen molar-refractivity contribution in [3.05, 3.63) is 40.5 Å². The molecule has 0 radical (unpaired) electrons. The fourth-order valence-corrected chi connectivity index (χ4v) is 4.53. The summed E-state index contributed by atoms with van der Waals surface area (Å²) in [4.78, 5) is 24.2. The topological polar surface area (TPSA) is 98.2 Å². The summed E-state index contributed by atoms with van der Waals surface area (Å²) in [6.07, 6.45) is 0.688. The molecule has 5 N–H and O–H groups in total. The van der Waals surface area contributed by atoms with Gasteiger partial charge in [-0.2, -0.15) is 0 Å². The van der Waals surface area contributed by atoms with Crippen LogP contribution in [0.5, 0.6) is 0 Å². The summed E-state index contributed by atoms with van der Waals surface area (Å²) in [7, 11) is 0. The van der Waals surface area contributed by atoms with Crippen LogP contribution in [0.2, 0.25) is 0 Å². The summed E-state index contributed by atoms with van der Waals surface area (Å²) >= 11 is 1.36. The van der Waals surface area contributed by atoms with Crippen molar-refractivity contribution in [2.45, 2.75) is 32.6 Å². The fourth-order valence-electron chi connectivity index (χ4n) is 3.27. The minimum absolute atomic E-state index is 0.121. The van der Waals surface area contributed by atoms with E-state index in [-0.39, 0.29) is 5.41 Å². The lowest BCUT2D eigenvalue weighted by atomic mass is 9.71. The van der Waals surface area contributed by atoms with Gasteiger partial charge in [0.05, 0.1) is 5.56 Å². The molecular weight excluding hydrogens is 310 g/mol. The number of primary amides is 2. The van der Waals surface area contributed by atoms with Gasteiger partial charge in [0.1, 0.15) is 5.00 Å². The Kier molecular flexibility index (Phi) is 3.44. The summed E-state index contributed by atoms with van der Waals surface area (Å²) in [5, 5.41) is 2.97. The lowest BCUT2D eigenvalue weighted by Crippen LogP contribution is -2.27. The number of nitrogens with one attached hydrogen (secondary N) is 1. The van der Waals surface area contributed by atoms with Gasteiger partial charge in [-0.1, -0.05) is 37.6 Å². The molecule has 1 aliphatic carbocycles. The number of anilines is 1. The minimum Gasteiger partial charge on any atom is -0.365 e. The minimum atomic E-state index is -0.700. The molecule has 3 amide bonds. The number of benzene rings is 1. The van der Waals surface area contributed by atoms with Gasteiger partial charge < -0.3 is 11.5 Å². The first-order chi connectivity index (χ1) is 10.7. The summed E-state index contributed by atoms with van der Waals surface area (Å²) in [5.41, 5.74) is 15.5. The quantitative estimate of drug-likeness (QED) is 0.788. The van der Waals surface area contributed by atoms with Crippen molar-refractivity contribution in [3.63, 3.8) is 0 Å². The van der Waals surface area contributed by atoms with E-state index in [9.17, 15) is 9.59 Å². The molecule has 1 aliphatic rings. The number of thiophene rings is 1.